The Morgan fingerprint density at radius 3 is 2.37 bits per heavy atom. The van der Waals surface area contributed by atoms with E-state index in [0.29, 0.717) is 17.8 Å². The Labute approximate surface area is 113 Å². The second-order valence-electron chi connectivity index (χ2n) is 4.50. The fourth-order valence-electron chi connectivity index (χ4n) is 1.59. The van der Waals surface area contributed by atoms with E-state index in [0.717, 1.165) is 0 Å². The summed E-state index contributed by atoms with van der Waals surface area (Å²) >= 11 is 0. The SMILES string of the molecule is CC(=O)c1ccc(NC(=O)C(C)N(C)CCO)cc1. The molecule has 1 unspecified atom stereocenters. The summed E-state index contributed by atoms with van der Waals surface area (Å²) in [5.74, 6) is -0.152. The minimum absolute atomic E-state index is 0.00563. The van der Waals surface area contributed by atoms with Gasteiger partial charge in [0.1, 0.15) is 0 Å². The van der Waals surface area contributed by atoms with Crippen molar-refractivity contribution in [1.29, 1.82) is 0 Å². The summed E-state index contributed by atoms with van der Waals surface area (Å²) in [4.78, 5) is 24.8. The molecule has 1 aromatic rings. The van der Waals surface area contributed by atoms with Crippen LogP contribution in [0.25, 0.3) is 0 Å². The monoisotopic (exact) mass is 264 g/mol. The highest BCUT2D eigenvalue weighted by atomic mass is 16.3. The molecule has 0 aliphatic heterocycles. The third-order valence-electron chi connectivity index (χ3n) is 3.05. The van der Waals surface area contributed by atoms with Crippen LogP contribution in [0, 0.1) is 0 Å². The van der Waals surface area contributed by atoms with Crippen molar-refractivity contribution in [3.63, 3.8) is 0 Å². The molecule has 104 valence electrons. The van der Waals surface area contributed by atoms with Crippen LogP contribution in [0.15, 0.2) is 24.3 Å². The molecule has 0 aliphatic carbocycles. The number of rotatable bonds is 6. The van der Waals surface area contributed by atoms with Crippen LogP contribution in [-0.4, -0.2) is 47.9 Å². The summed E-state index contributed by atoms with van der Waals surface area (Å²) in [6, 6.07) is 6.43. The Hall–Kier alpha value is -1.72. The minimum Gasteiger partial charge on any atom is -0.395 e. The molecule has 0 heterocycles. The fourth-order valence-corrected chi connectivity index (χ4v) is 1.59. The number of nitrogens with zero attached hydrogens (tertiary/aromatic N) is 1. The zero-order chi connectivity index (χ0) is 14.4. The highest BCUT2D eigenvalue weighted by Crippen LogP contribution is 2.11. The van der Waals surface area contributed by atoms with Crippen LogP contribution in [0.2, 0.25) is 0 Å². The summed E-state index contributed by atoms with van der Waals surface area (Å²) in [6.45, 7) is 3.73. The molecule has 0 radical (unpaired) electrons. The molecule has 19 heavy (non-hydrogen) atoms. The van der Waals surface area contributed by atoms with Crippen LogP contribution in [0.3, 0.4) is 0 Å². The van der Waals surface area contributed by atoms with Crippen molar-refractivity contribution < 1.29 is 14.7 Å². The van der Waals surface area contributed by atoms with Crippen molar-refractivity contribution in [2.24, 2.45) is 0 Å². The molecule has 0 aliphatic rings. The smallest absolute Gasteiger partial charge is 0.241 e. The normalized spacial score (nSPS) is 12.3. The average Bonchev–Trinajstić information content (AvgIpc) is 2.38. The van der Waals surface area contributed by atoms with Crippen molar-refractivity contribution in [2.45, 2.75) is 19.9 Å². The number of carbonyl (C=O) groups is 2. The number of nitrogens with one attached hydrogen (secondary N) is 1. The van der Waals surface area contributed by atoms with Gasteiger partial charge in [-0.05, 0) is 45.2 Å². The van der Waals surface area contributed by atoms with Crippen LogP contribution >= 0.6 is 0 Å². The van der Waals surface area contributed by atoms with E-state index in [4.69, 9.17) is 5.11 Å². The van der Waals surface area contributed by atoms with Gasteiger partial charge >= 0.3 is 0 Å². The largest absolute Gasteiger partial charge is 0.395 e. The van der Waals surface area contributed by atoms with Gasteiger partial charge in [-0.1, -0.05) is 0 Å². The standard InChI is InChI=1S/C14H20N2O3/c1-10(16(3)8-9-17)14(19)15-13-6-4-12(5-7-13)11(2)18/h4-7,10,17H,8-9H2,1-3H3,(H,15,19). The van der Waals surface area contributed by atoms with Crippen molar-refractivity contribution in [2.75, 3.05) is 25.5 Å². The number of likely N-dealkylation sites (N-methyl/N-ethyl adjacent to an activating group) is 1. The van der Waals surface area contributed by atoms with Crippen LogP contribution in [-0.2, 0) is 4.79 Å². The van der Waals surface area contributed by atoms with Gasteiger partial charge in [0.05, 0.1) is 12.6 Å². The molecule has 1 atom stereocenters. The van der Waals surface area contributed by atoms with Gasteiger partial charge in [-0.15, -0.1) is 0 Å². The lowest BCUT2D eigenvalue weighted by Crippen LogP contribution is -2.40. The first-order valence-electron chi connectivity index (χ1n) is 6.18. The van der Waals surface area contributed by atoms with Gasteiger partial charge in [-0.2, -0.15) is 0 Å². The van der Waals surface area contributed by atoms with Gasteiger partial charge in [-0.3, -0.25) is 14.5 Å². The molecule has 1 rings (SSSR count). The fraction of sp³-hybridized carbons (Fsp3) is 0.429. The van der Waals surface area contributed by atoms with Crippen molar-refractivity contribution in [3.8, 4) is 0 Å². The first-order chi connectivity index (χ1) is 8.95. The maximum atomic E-state index is 11.9. The zero-order valence-corrected chi connectivity index (χ0v) is 11.5. The lowest BCUT2D eigenvalue weighted by Gasteiger charge is -2.22. The van der Waals surface area contributed by atoms with E-state index in [9.17, 15) is 9.59 Å². The Balaban J connectivity index is 2.63. The molecule has 1 aromatic carbocycles. The Kier molecular flexibility index (Phi) is 5.66. The lowest BCUT2D eigenvalue weighted by molar-refractivity contribution is -0.120. The Morgan fingerprint density at radius 1 is 1.32 bits per heavy atom. The van der Waals surface area contributed by atoms with E-state index >= 15 is 0 Å². The Bertz CT molecular complexity index is 443. The molecule has 0 fully saturated rings. The molecule has 2 N–H and O–H groups in total. The summed E-state index contributed by atoms with van der Waals surface area (Å²) < 4.78 is 0. The van der Waals surface area contributed by atoms with E-state index in [1.807, 2.05) is 0 Å². The predicted molar refractivity (Wildman–Crippen MR) is 74.3 cm³/mol. The van der Waals surface area contributed by atoms with E-state index in [-0.39, 0.29) is 24.3 Å². The predicted octanol–water partition coefficient (Wildman–Crippen LogP) is 1.14. The molecule has 0 saturated heterocycles. The van der Waals surface area contributed by atoms with Crippen LogP contribution in [0.5, 0.6) is 0 Å². The summed E-state index contributed by atoms with van der Waals surface area (Å²) in [5, 5.41) is 11.6. The number of carbonyl (C=O) groups excluding carboxylic acids is 2. The minimum atomic E-state index is -0.334. The third kappa shape index (κ3) is 4.46. The van der Waals surface area contributed by atoms with Crippen LogP contribution in [0.1, 0.15) is 24.2 Å². The van der Waals surface area contributed by atoms with Crippen LogP contribution in [0.4, 0.5) is 5.69 Å². The lowest BCUT2D eigenvalue weighted by atomic mass is 10.1. The third-order valence-corrected chi connectivity index (χ3v) is 3.05. The topological polar surface area (TPSA) is 69.6 Å². The molecule has 0 aromatic heterocycles. The molecule has 0 spiro atoms. The summed E-state index contributed by atoms with van der Waals surface area (Å²) in [7, 11) is 1.78. The first kappa shape index (κ1) is 15.3. The molecule has 1 amide bonds. The first-order valence-corrected chi connectivity index (χ1v) is 6.18. The molecular formula is C14H20N2O3. The molecular weight excluding hydrogens is 244 g/mol. The average molecular weight is 264 g/mol. The van der Waals surface area contributed by atoms with Gasteiger partial charge in [-0.25, -0.2) is 0 Å². The van der Waals surface area contributed by atoms with E-state index in [2.05, 4.69) is 5.32 Å². The molecule has 0 bridgehead atoms. The highest BCUT2D eigenvalue weighted by molar-refractivity contribution is 5.96. The summed E-state index contributed by atoms with van der Waals surface area (Å²) in [6.07, 6.45) is 0. The van der Waals surface area contributed by atoms with Gasteiger partial charge in [0.2, 0.25) is 5.91 Å². The van der Waals surface area contributed by atoms with E-state index < -0.39 is 0 Å². The Morgan fingerprint density at radius 2 is 1.89 bits per heavy atom. The van der Waals surface area contributed by atoms with Crippen molar-refractivity contribution in [1.82, 2.24) is 4.90 Å². The second kappa shape index (κ2) is 7.01. The number of Topliss-reactive ketones (excluding diaryl/α,β-unsaturated/α-hetero) is 1. The van der Waals surface area contributed by atoms with Gasteiger partial charge < -0.3 is 10.4 Å². The molecule has 5 heteroatoms. The van der Waals surface area contributed by atoms with E-state index in [1.54, 1.807) is 43.1 Å². The number of ketones is 1. The zero-order valence-electron chi connectivity index (χ0n) is 11.5. The number of amides is 1. The van der Waals surface area contributed by atoms with Crippen molar-refractivity contribution in [3.05, 3.63) is 29.8 Å². The highest BCUT2D eigenvalue weighted by Gasteiger charge is 2.17. The molecule has 5 nitrogen and oxygen atoms in total. The molecule has 0 saturated carbocycles. The van der Waals surface area contributed by atoms with E-state index in [1.165, 1.54) is 6.92 Å². The van der Waals surface area contributed by atoms with Gasteiger partial charge in [0, 0.05) is 17.8 Å². The van der Waals surface area contributed by atoms with Crippen LogP contribution < -0.4 is 5.32 Å². The van der Waals surface area contributed by atoms with Gasteiger partial charge in [0.25, 0.3) is 0 Å². The van der Waals surface area contributed by atoms with Gasteiger partial charge in [0.15, 0.2) is 5.78 Å². The second-order valence-corrected chi connectivity index (χ2v) is 4.50. The number of hydrogen-bond acceptors (Lipinski definition) is 4. The number of hydrogen-bond donors (Lipinski definition) is 2. The number of anilines is 1. The summed E-state index contributed by atoms with van der Waals surface area (Å²) in [5.41, 5.74) is 1.27. The number of aliphatic hydroxyl groups excluding tert-OH is 1. The van der Waals surface area contributed by atoms with Crippen molar-refractivity contribution >= 4 is 17.4 Å². The quantitative estimate of drug-likeness (QED) is 0.756. The maximum absolute atomic E-state index is 11.9. The number of benzene rings is 1. The maximum Gasteiger partial charge on any atom is 0.241 e. The number of aliphatic hydroxyl groups is 1.